The van der Waals surface area contributed by atoms with Gasteiger partial charge in [-0.2, -0.15) is 0 Å². The quantitative estimate of drug-likeness (QED) is 0.477. The van der Waals surface area contributed by atoms with E-state index < -0.39 is 6.10 Å². The summed E-state index contributed by atoms with van der Waals surface area (Å²) in [6.07, 6.45) is 3.00. The number of aliphatic hydroxyl groups excluding tert-OH is 1. The van der Waals surface area contributed by atoms with Gasteiger partial charge in [0.2, 0.25) is 5.91 Å². The molecule has 16 heavy (non-hydrogen) atoms. The Morgan fingerprint density at radius 2 is 2.31 bits per heavy atom. The van der Waals surface area contributed by atoms with Crippen molar-refractivity contribution in [3.05, 3.63) is 12.7 Å². The summed E-state index contributed by atoms with van der Waals surface area (Å²) < 4.78 is 5.12. The number of carbonyl (C=O) groups is 1. The highest BCUT2D eigenvalue weighted by Crippen LogP contribution is 1.99. The van der Waals surface area contributed by atoms with E-state index in [1.54, 1.807) is 11.0 Å². The molecule has 0 saturated carbocycles. The van der Waals surface area contributed by atoms with E-state index >= 15 is 0 Å². The number of ether oxygens (including phenoxy) is 1. The first-order valence-electron chi connectivity index (χ1n) is 5.74. The third-order valence-electron chi connectivity index (χ3n) is 2.20. The molecule has 1 atom stereocenters. The van der Waals surface area contributed by atoms with Gasteiger partial charge in [-0.25, -0.2) is 0 Å². The van der Waals surface area contributed by atoms with E-state index in [1.807, 2.05) is 0 Å². The lowest BCUT2D eigenvalue weighted by atomic mass is 10.2. The van der Waals surface area contributed by atoms with Gasteiger partial charge in [-0.15, -0.1) is 6.58 Å². The monoisotopic (exact) mass is 229 g/mol. The van der Waals surface area contributed by atoms with E-state index in [4.69, 9.17) is 4.74 Å². The molecule has 0 saturated heterocycles. The highest BCUT2D eigenvalue weighted by Gasteiger charge is 2.13. The Morgan fingerprint density at radius 1 is 1.62 bits per heavy atom. The second-order valence-corrected chi connectivity index (χ2v) is 3.80. The average molecular weight is 229 g/mol. The second kappa shape index (κ2) is 9.36. The summed E-state index contributed by atoms with van der Waals surface area (Å²) in [5.41, 5.74) is 0. The molecule has 4 heteroatoms. The van der Waals surface area contributed by atoms with E-state index in [0.29, 0.717) is 19.7 Å². The Bertz CT molecular complexity index is 206. The topological polar surface area (TPSA) is 49.8 Å². The highest BCUT2D eigenvalue weighted by molar-refractivity contribution is 5.73. The predicted octanol–water partition coefficient (Wildman–Crippen LogP) is 1.20. The van der Waals surface area contributed by atoms with Gasteiger partial charge in [0.25, 0.3) is 0 Å². The molecule has 0 aromatic heterocycles. The molecule has 0 aliphatic heterocycles. The molecule has 0 rings (SSSR count). The summed E-state index contributed by atoms with van der Waals surface area (Å²) in [5, 5.41) is 9.64. The van der Waals surface area contributed by atoms with Crippen LogP contribution in [0.3, 0.4) is 0 Å². The third-order valence-corrected chi connectivity index (χ3v) is 2.20. The molecule has 0 spiro atoms. The molecule has 1 unspecified atom stereocenters. The molecule has 4 nitrogen and oxygen atoms in total. The molecule has 94 valence electrons. The van der Waals surface area contributed by atoms with Crippen molar-refractivity contribution in [2.45, 2.75) is 32.8 Å². The molecule has 0 aliphatic carbocycles. The predicted molar refractivity (Wildman–Crippen MR) is 64.2 cm³/mol. The number of rotatable bonds is 9. The van der Waals surface area contributed by atoms with Gasteiger partial charge in [0, 0.05) is 20.0 Å². The third kappa shape index (κ3) is 7.43. The fourth-order valence-electron chi connectivity index (χ4n) is 1.32. The maximum absolute atomic E-state index is 11.3. The van der Waals surface area contributed by atoms with Crippen LogP contribution in [0.15, 0.2) is 12.7 Å². The smallest absolute Gasteiger partial charge is 0.219 e. The molecule has 0 heterocycles. The summed E-state index contributed by atoms with van der Waals surface area (Å²) in [6, 6.07) is 0. The van der Waals surface area contributed by atoms with E-state index in [1.165, 1.54) is 6.92 Å². The van der Waals surface area contributed by atoms with Gasteiger partial charge >= 0.3 is 0 Å². The van der Waals surface area contributed by atoms with Crippen LogP contribution in [0.4, 0.5) is 0 Å². The Morgan fingerprint density at radius 3 is 2.81 bits per heavy atom. The van der Waals surface area contributed by atoms with Crippen LogP contribution < -0.4 is 0 Å². The Balaban J connectivity index is 3.87. The van der Waals surface area contributed by atoms with E-state index in [9.17, 15) is 9.90 Å². The Hall–Kier alpha value is -0.870. The van der Waals surface area contributed by atoms with Crippen LogP contribution in [-0.2, 0) is 9.53 Å². The lowest BCUT2D eigenvalue weighted by Gasteiger charge is -2.23. The number of amides is 1. The zero-order chi connectivity index (χ0) is 12.4. The number of hydrogen-bond donors (Lipinski definition) is 1. The summed E-state index contributed by atoms with van der Waals surface area (Å²) >= 11 is 0. The van der Waals surface area contributed by atoms with E-state index in [0.717, 1.165) is 12.8 Å². The molecular weight excluding hydrogens is 206 g/mol. The SMILES string of the molecule is C=CCOCC(O)CN(CCCC)C(C)=O. The van der Waals surface area contributed by atoms with Crippen LogP contribution in [0.25, 0.3) is 0 Å². The van der Waals surface area contributed by atoms with Crippen molar-refractivity contribution in [1.82, 2.24) is 4.90 Å². The molecule has 0 aliphatic rings. The normalized spacial score (nSPS) is 12.2. The molecule has 1 N–H and O–H groups in total. The minimum absolute atomic E-state index is 0.00350. The zero-order valence-corrected chi connectivity index (χ0v) is 10.3. The lowest BCUT2D eigenvalue weighted by molar-refractivity contribution is -0.130. The second-order valence-electron chi connectivity index (χ2n) is 3.80. The fourth-order valence-corrected chi connectivity index (χ4v) is 1.32. The van der Waals surface area contributed by atoms with Gasteiger partial charge in [-0.05, 0) is 6.42 Å². The molecule has 0 bridgehead atoms. The maximum Gasteiger partial charge on any atom is 0.219 e. The molecule has 0 fully saturated rings. The van der Waals surface area contributed by atoms with Gasteiger partial charge in [-0.1, -0.05) is 19.4 Å². The first-order chi connectivity index (χ1) is 7.61. The summed E-state index contributed by atoms with van der Waals surface area (Å²) in [5.74, 6) is -0.00350. The summed E-state index contributed by atoms with van der Waals surface area (Å²) in [7, 11) is 0. The first kappa shape index (κ1) is 15.1. The van der Waals surface area contributed by atoms with Crippen LogP contribution in [0.2, 0.25) is 0 Å². The minimum atomic E-state index is -0.624. The van der Waals surface area contributed by atoms with Crippen LogP contribution in [0.5, 0.6) is 0 Å². The first-order valence-corrected chi connectivity index (χ1v) is 5.74. The summed E-state index contributed by atoms with van der Waals surface area (Å²) in [6.45, 7) is 8.81. The van der Waals surface area contributed by atoms with Gasteiger partial charge in [-0.3, -0.25) is 4.79 Å². The van der Waals surface area contributed by atoms with Crippen LogP contribution >= 0.6 is 0 Å². The molecule has 0 aromatic rings. The van der Waals surface area contributed by atoms with Crippen molar-refractivity contribution in [1.29, 1.82) is 0 Å². The van der Waals surface area contributed by atoms with Crippen LogP contribution in [0, 0.1) is 0 Å². The van der Waals surface area contributed by atoms with Crippen molar-refractivity contribution in [3.8, 4) is 0 Å². The molecular formula is C12H23NO3. The largest absolute Gasteiger partial charge is 0.389 e. The van der Waals surface area contributed by atoms with Crippen LogP contribution in [0.1, 0.15) is 26.7 Å². The number of hydrogen-bond acceptors (Lipinski definition) is 3. The highest BCUT2D eigenvalue weighted by atomic mass is 16.5. The van der Waals surface area contributed by atoms with Crippen molar-refractivity contribution < 1.29 is 14.6 Å². The van der Waals surface area contributed by atoms with E-state index in [2.05, 4.69) is 13.5 Å². The molecule has 1 amide bonds. The summed E-state index contributed by atoms with van der Waals surface area (Å²) in [4.78, 5) is 12.9. The number of nitrogens with zero attached hydrogens (tertiary/aromatic N) is 1. The minimum Gasteiger partial charge on any atom is -0.389 e. The number of unbranched alkanes of at least 4 members (excludes halogenated alkanes) is 1. The van der Waals surface area contributed by atoms with Crippen molar-refractivity contribution in [2.24, 2.45) is 0 Å². The zero-order valence-electron chi connectivity index (χ0n) is 10.3. The Labute approximate surface area is 97.9 Å². The number of aliphatic hydroxyl groups is 1. The fraction of sp³-hybridized carbons (Fsp3) is 0.750. The Kier molecular flexibility index (Phi) is 8.85. The van der Waals surface area contributed by atoms with Crippen LogP contribution in [-0.4, -0.2) is 48.3 Å². The van der Waals surface area contributed by atoms with Gasteiger partial charge in [0.05, 0.1) is 19.3 Å². The standard InChI is InChI=1S/C12H23NO3/c1-4-6-7-13(11(3)14)9-12(15)10-16-8-5-2/h5,12,15H,2,4,6-10H2,1,3H3. The van der Waals surface area contributed by atoms with Gasteiger partial charge in [0.15, 0.2) is 0 Å². The number of carbonyl (C=O) groups excluding carboxylic acids is 1. The van der Waals surface area contributed by atoms with Gasteiger partial charge < -0.3 is 14.7 Å². The van der Waals surface area contributed by atoms with Gasteiger partial charge in [0.1, 0.15) is 0 Å². The lowest BCUT2D eigenvalue weighted by Crippen LogP contribution is -2.38. The van der Waals surface area contributed by atoms with E-state index in [-0.39, 0.29) is 12.5 Å². The van der Waals surface area contributed by atoms with Crippen molar-refractivity contribution in [3.63, 3.8) is 0 Å². The van der Waals surface area contributed by atoms with Crippen molar-refractivity contribution >= 4 is 5.91 Å². The van der Waals surface area contributed by atoms with Crippen molar-refractivity contribution in [2.75, 3.05) is 26.3 Å². The molecule has 0 radical (unpaired) electrons. The average Bonchev–Trinajstić information content (AvgIpc) is 2.24. The molecule has 0 aromatic carbocycles. The maximum atomic E-state index is 11.3.